The minimum atomic E-state index is -0.196. The van der Waals surface area contributed by atoms with Crippen LogP contribution >= 0.6 is 12.6 Å². The summed E-state index contributed by atoms with van der Waals surface area (Å²) in [5.41, 5.74) is 0.310. The number of hydrogen-bond donors (Lipinski definition) is 2. The minimum absolute atomic E-state index is 0.0594. The van der Waals surface area contributed by atoms with Crippen LogP contribution in [0.1, 0.15) is 6.42 Å². The standard InChI is InChI=1S/C13H13N3O2S/c17-11-4-2-9-1-3-10(14-13(9)15-11)16-6-8(7-19)5-12(16)18/h1-4,8,19H,5-7H2,(H,14,15,17). The van der Waals surface area contributed by atoms with Gasteiger partial charge in [-0.3, -0.25) is 14.5 Å². The van der Waals surface area contributed by atoms with Gasteiger partial charge in [-0.1, -0.05) is 0 Å². The van der Waals surface area contributed by atoms with Crippen LogP contribution < -0.4 is 10.5 Å². The molecule has 6 heteroatoms. The molecule has 1 unspecified atom stereocenters. The maximum Gasteiger partial charge on any atom is 0.249 e. The molecule has 19 heavy (non-hydrogen) atoms. The number of H-pyrrole nitrogens is 1. The molecule has 0 spiro atoms. The molecule has 0 saturated carbocycles. The Labute approximate surface area is 115 Å². The van der Waals surface area contributed by atoms with Crippen molar-refractivity contribution in [2.24, 2.45) is 5.92 Å². The minimum Gasteiger partial charge on any atom is -0.307 e. The molecular weight excluding hydrogens is 262 g/mol. The summed E-state index contributed by atoms with van der Waals surface area (Å²) in [6.07, 6.45) is 0.508. The Morgan fingerprint density at radius 3 is 2.84 bits per heavy atom. The van der Waals surface area contributed by atoms with Crippen molar-refractivity contribution in [3.63, 3.8) is 0 Å². The quantitative estimate of drug-likeness (QED) is 0.810. The first-order valence-electron chi connectivity index (χ1n) is 6.08. The largest absolute Gasteiger partial charge is 0.307 e. The molecule has 1 aliphatic rings. The zero-order valence-corrected chi connectivity index (χ0v) is 11.1. The highest BCUT2D eigenvalue weighted by atomic mass is 32.1. The van der Waals surface area contributed by atoms with Crippen LogP contribution in [0.25, 0.3) is 11.0 Å². The number of anilines is 1. The lowest BCUT2D eigenvalue weighted by molar-refractivity contribution is -0.117. The van der Waals surface area contributed by atoms with E-state index in [2.05, 4.69) is 22.6 Å². The number of hydrogen-bond acceptors (Lipinski definition) is 4. The van der Waals surface area contributed by atoms with Crippen molar-refractivity contribution in [2.75, 3.05) is 17.2 Å². The first-order chi connectivity index (χ1) is 9.17. The third kappa shape index (κ3) is 2.23. The Morgan fingerprint density at radius 2 is 2.11 bits per heavy atom. The number of aromatic amines is 1. The fraction of sp³-hybridized carbons (Fsp3) is 0.308. The van der Waals surface area contributed by atoms with Crippen molar-refractivity contribution >= 4 is 35.4 Å². The van der Waals surface area contributed by atoms with Crippen LogP contribution in [0.5, 0.6) is 0 Å². The SMILES string of the molecule is O=C1CC(CS)CN1c1ccc2ccc(=O)[nH]c2n1. The van der Waals surface area contributed by atoms with Crippen molar-refractivity contribution in [3.05, 3.63) is 34.6 Å². The number of rotatable bonds is 2. The van der Waals surface area contributed by atoms with Crippen molar-refractivity contribution in [3.8, 4) is 0 Å². The number of thiol groups is 1. The predicted octanol–water partition coefficient (Wildman–Crippen LogP) is 1.21. The molecule has 1 N–H and O–H groups in total. The van der Waals surface area contributed by atoms with Crippen LogP contribution in [0, 0.1) is 5.92 Å². The number of pyridine rings is 2. The van der Waals surface area contributed by atoms with E-state index in [0.717, 1.165) is 5.39 Å². The smallest absolute Gasteiger partial charge is 0.249 e. The molecule has 0 aromatic carbocycles. The fourth-order valence-electron chi connectivity index (χ4n) is 2.29. The average Bonchev–Trinajstić information content (AvgIpc) is 2.79. The molecular formula is C13H13N3O2S. The van der Waals surface area contributed by atoms with Crippen LogP contribution in [0.3, 0.4) is 0 Å². The van der Waals surface area contributed by atoms with Gasteiger partial charge in [0.25, 0.3) is 0 Å². The molecule has 2 aromatic heterocycles. The van der Waals surface area contributed by atoms with Gasteiger partial charge in [0, 0.05) is 24.4 Å². The molecule has 0 aliphatic carbocycles. The van der Waals surface area contributed by atoms with E-state index in [0.29, 0.717) is 30.2 Å². The van der Waals surface area contributed by atoms with Gasteiger partial charge < -0.3 is 4.98 Å². The number of carbonyl (C=O) groups excluding carboxylic acids is 1. The lowest BCUT2D eigenvalue weighted by atomic mass is 10.1. The molecule has 1 saturated heterocycles. The Morgan fingerprint density at radius 1 is 1.32 bits per heavy atom. The zero-order valence-electron chi connectivity index (χ0n) is 10.2. The molecule has 0 bridgehead atoms. The number of nitrogens with one attached hydrogen (secondary N) is 1. The number of nitrogens with zero attached hydrogens (tertiary/aromatic N) is 2. The predicted molar refractivity (Wildman–Crippen MR) is 76.7 cm³/mol. The van der Waals surface area contributed by atoms with E-state index in [1.54, 1.807) is 17.0 Å². The summed E-state index contributed by atoms with van der Waals surface area (Å²) in [6, 6.07) is 6.84. The van der Waals surface area contributed by atoms with Gasteiger partial charge in [0.2, 0.25) is 11.5 Å². The van der Waals surface area contributed by atoms with Gasteiger partial charge in [-0.15, -0.1) is 0 Å². The topological polar surface area (TPSA) is 66.1 Å². The molecule has 98 valence electrons. The summed E-state index contributed by atoms with van der Waals surface area (Å²) in [4.78, 5) is 31.9. The molecule has 1 aliphatic heterocycles. The van der Waals surface area contributed by atoms with E-state index < -0.39 is 0 Å². The van der Waals surface area contributed by atoms with Crippen molar-refractivity contribution in [1.29, 1.82) is 0 Å². The Balaban J connectivity index is 2.01. The van der Waals surface area contributed by atoms with Gasteiger partial charge in [-0.05, 0) is 29.9 Å². The van der Waals surface area contributed by atoms with E-state index in [9.17, 15) is 9.59 Å². The maximum absolute atomic E-state index is 11.9. The molecule has 0 radical (unpaired) electrons. The average molecular weight is 275 g/mol. The van der Waals surface area contributed by atoms with Crippen LogP contribution in [0.4, 0.5) is 5.82 Å². The Kier molecular flexibility index (Phi) is 3.02. The van der Waals surface area contributed by atoms with Crippen molar-refractivity contribution < 1.29 is 4.79 Å². The second kappa shape index (κ2) is 4.70. The van der Waals surface area contributed by atoms with Crippen molar-refractivity contribution in [1.82, 2.24) is 9.97 Å². The highest BCUT2D eigenvalue weighted by molar-refractivity contribution is 7.80. The van der Waals surface area contributed by atoms with E-state index in [1.807, 2.05) is 6.07 Å². The first kappa shape index (κ1) is 12.2. The van der Waals surface area contributed by atoms with Crippen LogP contribution in [0.2, 0.25) is 0 Å². The van der Waals surface area contributed by atoms with Gasteiger partial charge in [0.05, 0.1) is 0 Å². The summed E-state index contributed by atoms with van der Waals surface area (Å²) in [7, 11) is 0. The number of fused-ring (bicyclic) bond motifs is 1. The van der Waals surface area contributed by atoms with Gasteiger partial charge >= 0.3 is 0 Å². The van der Waals surface area contributed by atoms with Crippen LogP contribution in [-0.4, -0.2) is 28.2 Å². The van der Waals surface area contributed by atoms with E-state index in [-0.39, 0.29) is 17.4 Å². The van der Waals surface area contributed by atoms with E-state index >= 15 is 0 Å². The third-order valence-electron chi connectivity index (χ3n) is 3.31. The number of aromatic nitrogens is 2. The molecule has 1 atom stereocenters. The normalized spacial score (nSPS) is 19.3. The first-order valence-corrected chi connectivity index (χ1v) is 6.72. The van der Waals surface area contributed by atoms with Gasteiger partial charge in [-0.2, -0.15) is 12.6 Å². The van der Waals surface area contributed by atoms with E-state index in [4.69, 9.17) is 0 Å². The highest BCUT2D eigenvalue weighted by Gasteiger charge is 2.30. The molecule has 1 fully saturated rings. The van der Waals surface area contributed by atoms with Crippen molar-refractivity contribution in [2.45, 2.75) is 6.42 Å². The maximum atomic E-state index is 11.9. The van der Waals surface area contributed by atoms with Crippen LogP contribution in [-0.2, 0) is 4.79 Å². The Hall–Kier alpha value is -1.82. The van der Waals surface area contributed by atoms with E-state index in [1.165, 1.54) is 6.07 Å². The zero-order chi connectivity index (χ0) is 13.4. The summed E-state index contributed by atoms with van der Waals surface area (Å²) in [5.74, 6) is 1.60. The molecule has 3 heterocycles. The second-order valence-electron chi connectivity index (χ2n) is 4.69. The number of amides is 1. The molecule has 3 rings (SSSR count). The summed E-state index contributed by atoms with van der Waals surface area (Å²) >= 11 is 4.23. The number of carbonyl (C=O) groups is 1. The lowest BCUT2D eigenvalue weighted by Gasteiger charge is -2.15. The molecule has 2 aromatic rings. The molecule has 5 nitrogen and oxygen atoms in total. The highest BCUT2D eigenvalue weighted by Crippen LogP contribution is 2.25. The monoisotopic (exact) mass is 275 g/mol. The fourth-order valence-corrected chi connectivity index (χ4v) is 2.54. The molecule has 1 amide bonds. The van der Waals surface area contributed by atoms with Gasteiger partial charge in [0.15, 0.2) is 0 Å². The van der Waals surface area contributed by atoms with Crippen LogP contribution in [0.15, 0.2) is 29.1 Å². The summed E-state index contributed by atoms with van der Waals surface area (Å²) < 4.78 is 0. The Bertz CT molecular complexity index is 698. The second-order valence-corrected chi connectivity index (χ2v) is 5.05. The van der Waals surface area contributed by atoms with Gasteiger partial charge in [0.1, 0.15) is 11.5 Å². The summed E-state index contributed by atoms with van der Waals surface area (Å²) in [6.45, 7) is 0.637. The lowest BCUT2D eigenvalue weighted by Crippen LogP contribution is -2.25. The third-order valence-corrected chi connectivity index (χ3v) is 3.82. The summed E-state index contributed by atoms with van der Waals surface area (Å²) in [5, 5.41) is 0.848. The van der Waals surface area contributed by atoms with Gasteiger partial charge in [-0.25, -0.2) is 4.98 Å².